The number of nitrogens with zero attached hydrogens (tertiary/aromatic N) is 2. The Morgan fingerprint density at radius 2 is 1.81 bits per heavy atom. The van der Waals surface area contributed by atoms with Crippen molar-refractivity contribution < 1.29 is 33.5 Å². The van der Waals surface area contributed by atoms with Crippen molar-refractivity contribution in [2.75, 3.05) is 39.4 Å². The van der Waals surface area contributed by atoms with Crippen molar-refractivity contribution >= 4 is 35.4 Å². The van der Waals surface area contributed by atoms with E-state index in [1.54, 1.807) is 4.90 Å². The second kappa shape index (κ2) is 16.6. The van der Waals surface area contributed by atoms with E-state index < -0.39 is 47.7 Å². The summed E-state index contributed by atoms with van der Waals surface area (Å²) in [7, 11) is 0. The van der Waals surface area contributed by atoms with Gasteiger partial charge >= 0.3 is 6.03 Å². The molecule has 0 aromatic rings. The molecule has 3 aliphatic heterocycles. The van der Waals surface area contributed by atoms with Gasteiger partial charge in [-0.1, -0.05) is 52.5 Å². The Balaban J connectivity index is 1.49. The number of fused-ring (bicyclic) bond motifs is 3. The van der Waals surface area contributed by atoms with E-state index in [1.165, 1.54) is 11.0 Å². The van der Waals surface area contributed by atoms with Crippen LogP contribution in [0.1, 0.15) is 85.0 Å². The van der Waals surface area contributed by atoms with Gasteiger partial charge in [-0.15, -0.1) is 6.58 Å². The zero-order chi connectivity index (χ0) is 34.1. The predicted molar refractivity (Wildman–Crippen MR) is 175 cm³/mol. The molecule has 262 valence electrons. The maximum absolute atomic E-state index is 14.1. The number of carbonyl (C=O) groups is 6. The Kier molecular flexibility index (Phi) is 12.8. The highest BCUT2D eigenvalue weighted by Crippen LogP contribution is 2.49. The van der Waals surface area contributed by atoms with E-state index in [-0.39, 0.29) is 42.4 Å². The maximum atomic E-state index is 14.1. The Hall–Kier alpha value is -3.48. The van der Waals surface area contributed by atoms with Crippen LogP contribution in [-0.2, 0) is 28.7 Å². The average Bonchev–Trinajstić information content (AvgIpc) is 3.68. The molecule has 13 nitrogen and oxygen atoms in total. The van der Waals surface area contributed by atoms with Crippen LogP contribution in [0.2, 0.25) is 0 Å². The predicted octanol–water partition coefficient (Wildman–Crippen LogP) is 1.66. The Labute approximate surface area is 278 Å². The topological polar surface area (TPSA) is 166 Å². The van der Waals surface area contributed by atoms with E-state index in [2.05, 4.69) is 27.8 Å². The second-order valence-electron chi connectivity index (χ2n) is 14.5. The van der Waals surface area contributed by atoms with E-state index in [0.717, 1.165) is 44.9 Å². The number of ketones is 1. The van der Waals surface area contributed by atoms with Crippen LogP contribution in [0.3, 0.4) is 0 Å². The molecule has 0 radical (unpaired) electrons. The summed E-state index contributed by atoms with van der Waals surface area (Å²) in [5, 5.41) is 11.2. The third-order valence-corrected chi connectivity index (χ3v) is 9.81. The number of nitrogens with one attached hydrogen (secondary N) is 4. The van der Waals surface area contributed by atoms with Gasteiger partial charge in [-0.3, -0.25) is 24.0 Å². The lowest BCUT2D eigenvalue weighted by Crippen LogP contribution is -2.61. The number of hydrogen-bond donors (Lipinski definition) is 4. The van der Waals surface area contributed by atoms with Gasteiger partial charge in [0.2, 0.25) is 23.5 Å². The van der Waals surface area contributed by atoms with Crippen LogP contribution >= 0.6 is 0 Å². The van der Waals surface area contributed by atoms with E-state index >= 15 is 0 Å². The van der Waals surface area contributed by atoms with Crippen molar-refractivity contribution in [2.45, 2.75) is 109 Å². The van der Waals surface area contributed by atoms with Gasteiger partial charge in [0.15, 0.2) is 0 Å². The fraction of sp³-hybridized carbons (Fsp3) is 0.765. The molecule has 0 aromatic carbocycles. The second-order valence-corrected chi connectivity index (χ2v) is 14.5. The molecule has 4 N–H and O–H groups in total. The van der Waals surface area contributed by atoms with Gasteiger partial charge < -0.3 is 35.8 Å². The lowest BCUT2D eigenvalue weighted by atomic mass is 9.86. The van der Waals surface area contributed by atoms with E-state index in [9.17, 15) is 28.8 Å². The molecular formula is C34H54N6O7. The Bertz CT molecular complexity index is 1190. The summed E-state index contributed by atoms with van der Waals surface area (Å²) >= 11 is 0. The van der Waals surface area contributed by atoms with Gasteiger partial charge in [-0.2, -0.15) is 0 Å². The smallest absolute Gasteiger partial charge is 0.315 e. The minimum atomic E-state index is -1.05. The summed E-state index contributed by atoms with van der Waals surface area (Å²) in [4.78, 5) is 82.7. The molecule has 1 aliphatic carbocycles. The number of hydrogen-bond acceptors (Lipinski definition) is 7. The number of rotatable bonds is 8. The molecule has 47 heavy (non-hydrogen) atoms. The van der Waals surface area contributed by atoms with Crippen molar-refractivity contribution in [3.05, 3.63) is 12.7 Å². The van der Waals surface area contributed by atoms with Crippen LogP contribution in [0.4, 0.5) is 4.79 Å². The third kappa shape index (κ3) is 10.0. The molecule has 1 saturated carbocycles. The summed E-state index contributed by atoms with van der Waals surface area (Å²) in [6, 6.07) is -3.78. The van der Waals surface area contributed by atoms with Crippen LogP contribution in [0.5, 0.6) is 0 Å². The van der Waals surface area contributed by atoms with Crippen LogP contribution in [0.15, 0.2) is 12.7 Å². The molecule has 6 atom stereocenters. The molecule has 0 spiro atoms. The van der Waals surface area contributed by atoms with Crippen LogP contribution in [0.25, 0.3) is 0 Å². The molecule has 0 unspecified atom stereocenters. The average molecular weight is 659 g/mol. The van der Waals surface area contributed by atoms with Gasteiger partial charge in [-0.25, -0.2) is 4.79 Å². The standard InChI is InChI=1S/C34H54N6O7/c1-5-15-35-31(44)29(42)24-13-9-7-6-8-12-17-47-21-25(32(45)40-19-22-18-23(22)28(40)30(43)36-24)37-33(46)38-26(34(2,3)4)20-39-16-11-10-14-27(39)41/h5,22-26,28H,1,6-21H2,2-4H3,(H,35,44)(H,36,43)(H2,37,38,46)/t22-,23-,24-,25-,26+,28-/m0/s1. The number of likely N-dealkylation sites (tertiary alicyclic amines) is 1. The fourth-order valence-electron chi connectivity index (χ4n) is 6.79. The van der Waals surface area contributed by atoms with Crippen molar-refractivity contribution in [1.82, 2.24) is 31.1 Å². The quantitative estimate of drug-likeness (QED) is 0.227. The third-order valence-electron chi connectivity index (χ3n) is 9.81. The molecular weight excluding hydrogens is 604 g/mol. The highest BCUT2D eigenvalue weighted by Gasteiger charge is 2.58. The van der Waals surface area contributed by atoms with Crippen molar-refractivity contribution in [3.63, 3.8) is 0 Å². The molecule has 13 heteroatoms. The van der Waals surface area contributed by atoms with Crippen LogP contribution in [-0.4, -0.2) is 109 Å². The van der Waals surface area contributed by atoms with E-state index in [1.807, 2.05) is 20.8 Å². The summed E-state index contributed by atoms with van der Waals surface area (Å²) in [6.07, 6.45) is 8.89. The SMILES string of the molecule is C=CCNC(=O)C(=O)[C@@H]1CCCCCCCOC[C@H](NC(=O)N[C@H](CN2CCCCC2=O)C(C)(C)C)C(=O)N2C[C@@H]3C[C@@H]3[C@H]2C(=O)N1. The summed E-state index contributed by atoms with van der Waals surface area (Å²) in [5.74, 6) is -2.20. The normalized spacial score (nSPS) is 28.3. The van der Waals surface area contributed by atoms with Crippen molar-refractivity contribution in [1.29, 1.82) is 0 Å². The first-order valence-electron chi connectivity index (χ1n) is 17.4. The molecule has 4 rings (SSSR count). The first kappa shape index (κ1) is 36.4. The minimum Gasteiger partial charge on any atom is -0.379 e. The van der Waals surface area contributed by atoms with Gasteiger partial charge in [0.05, 0.1) is 18.7 Å². The number of carbonyl (C=O) groups excluding carboxylic acids is 6. The molecule has 4 fully saturated rings. The zero-order valence-electron chi connectivity index (χ0n) is 28.3. The Morgan fingerprint density at radius 3 is 2.53 bits per heavy atom. The molecule has 3 heterocycles. The van der Waals surface area contributed by atoms with Gasteiger partial charge in [0.25, 0.3) is 5.91 Å². The number of urea groups is 1. The van der Waals surface area contributed by atoms with Gasteiger partial charge in [0.1, 0.15) is 12.1 Å². The first-order valence-corrected chi connectivity index (χ1v) is 17.4. The molecule has 6 amide bonds. The van der Waals surface area contributed by atoms with Crippen molar-refractivity contribution in [2.24, 2.45) is 17.3 Å². The lowest BCUT2D eigenvalue weighted by molar-refractivity contribution is -0.144. The molecule has 4 aliphatic rings. The lowest BCUT2D eigenvalue weighted by Gasteiger charge is -2.38. The summed E-state index contributed by atoms with van der Waals surface area (Å²) in [5.41, 5.74) is -0.369. The first-order chi connectivity index (χ1) is 22.4. The number of piperidine rings is 2. The monoisotopic (exact) mass is 658 g/mol. The summed E-state index contributed by atoms with van der Waals surface area (Å²) in [6.45, 7) is 11.4. The van der Waals surface area contributed by atoms with Gasteiger partial charge in [0, 0.05) is 39.2 Å². The number of amides is 6. The summed E-state index contributed by atoms with van der Waals surface area (Å²) < 4.78 is 5.91. The number of Topliss-reactive ketones (excluding diaryl/α,β-unsaturated/α-hetero) is 1. The Morgan fingerprint density at radius 1 is 1.06 bits per heavy atom. The van der Waals surface area contributed by atoms with Gasteiger partial charge in [-0.05, 0) is 49.4 Å². The minimum absolute atomic E-state index is 0.0501. The molecule has 0 bridgehead atoms. The van der Waals surface area contributed by atoms with Crippen LogP contribution in [0, 0.1) is 17.3 Å². The molecule has 3 saturated heterocycles. The highest BCUT2D eigenvalue weighted by atomic mass is 16.5. The highest BCUT2D eigenvalue weighted by molar-refractivity contribution is 6.38. The van der Waals surface area contributed by atoms with E-state index in [0.29, 0.717) is 45.5 Å². The largest absolute Gasteiger partial charge is 0.379 e. The van der Waals surface area contributed by atoms with Crippen molar-refractivity contribution in [3.8, 4) is 0 Å². The fourth-order valence-corrected chi connectivity index (χ4v) is 6.79. The molecule has 0 aromatic heterocycles. The van der Waals surface area contributed by atoms with E-state index in [4.69, 9.17) is 4.74 Å². The zero-order valence-corrected chi connectivity index (χ0v) is 28.3. The maximum Gasteiger partial charge on any atom is 0.315 e. The van der Waals surface area contributed by atoms with Crippen LogP contribution < -0.4 is 21.3 Å². The number of ether oxygens (including phenoxy) is 1.